The van der Waals surface area contributed by atoms with Crippen LogP contribution in [-0.4, -0.2) is 17.4 Å². The van der Waals surface area contributed by atoms with Crippen molar-refractivity contribution in [2.45, 2.75) is 19.9 Å². The monoisotopic (exact) mass is 343 g/mol. The third-order valence-corrected chi connectivity index (χ3v) is 4.74. The van der Waals surface area contributed by atoms with Crippen molar-refractivity contribution in [2.24, 2.45) is 0 Å². The Bertz CT molecular complexity index is 917. The lowest BCUT2D eigenvalue weighted by molar-refractivity contribution is 0.102. The smallest absolute Gasteiger partial charge is 0.257 e. The van der Waals surface area contributed by atoms with Gasteiger partial charge in [-0.05, 0) is 54.8 Å². The van der Waals surface area contributed by atoms with Crippen LogP contribution in [0, 0.1) is 6.92 Å². The molecule has 3 aromatic rings. The molecule has 2 heterocycles. The highest BCUT2D eigenvalue weighted by molar-refractivity contribution is 6.04. The molecule has 0 saturated carbocycles. The van der Waals surface area contributed by atoms with Gasteiger partial charge in [0.2, 0.25) is 0 Å². The van der Waals surface area contributed by atoms with Crippen molar-refractivity contribution in [3.8, 4) is 0 Å². The molecular formula is C22H21N3O. The van der Waals surface area contributed by atoms with Gasteiger partial charge in [0.15, 0.2) is 0 Å². The highest BCUT2D eigenvalue weighted by Gasteiger charge is 2.18. The average molecular weight is 343 g/mol. The van der Waals surface area contributed by atoms with Crippen molar-refractivity contribution in [2.75, 3.05) is 16.8 Å². The van der Waals surface area contributed by atoms with Gasteiger partial charge in [-0.1, -0.05) is 30.3 Å². The number of fused-ring (bicyclic) bond motifs is 1. The molecule has 0 saturated heterocycles. The lowest BCUT2D eigenvalue weighted by Crippen LogP contribution is -2.19. The molecule has 2 aromatic carbocycles. The maximum Gasteiger partial charge on any atom is 0.257 e. The van der Waals surface area contributed by atoms with Gasteiger partial charge in [-0.15, -0.1) is 0 Å². The lowest BCUT2D eigenvalue weighted by atomic mass is 10.1. The van der Waals surface area contributed by atoms with E-state index >= 15 is 0 Å². The third kappa shape index (κ3) is 3.45. The van der Waals surface area contributed by atoms with E-state index in [-0.39, 0.29) is 5.91 Å². The Morgan fingerprint density at radius 3 is 2.65 bits per heavy atom. The van der Waals surface area contributed by atoms with Crippen LogP contribution in [0.1, 0.15) is 27.2 Å². The minimum absolute atomic E-state index is 0.140. The van der Waals surface area contributed by atoms with E-state index in [1.165, 1.54) is 16.8 Å². The van der Waals surface area contributed by atoms with E-state index in [2.05, 4.69) is 51.6 Å². The molecule has 1 aliphatic heterocycles. The van der Waals surface area contributed by atoms with Crippen LogP contribution in [0.3, 0.4) is 0 Å². The number of pyridine rings is 1. The molecule has 0 fully saturated rings. The highest BCUT2D eigenvalue weighted by atomic mass is 16.1. The van der Waals surface area contributed by atoms with Gasteiger partial charge in [-0.2, -0.15) is 0 Å². The van der Waals surface area contributed by atoms with E-state index in [0.717, 1.165) is 30.9 Å². The summed E-state index contributed by atoms with van der Waals surface area (Å²) in [5.74, 6) is -0.140. The summed E-state index contributed by atoms with van der Waals surface area (Å²) < 4.78 is 0. The number of hydrogen-bond donors (Lipinski definition) is 1. The Hall–Kier alpha value is -3.14. The first kappa shape index (κ1) is 16.3. The molecule has 4 heteroatoms. The maximum absolute atomic E-state index is 12.3. The average Bonchev–Trinajstić information content (AvgIpc) is 3.07. The Morgan fingerprint density at radius 1 is 1.08 bits per heavy atom. The molecule has 0 unspecified atom stereocenters. The van der Waals surface area contributed by atoms with Gasteiger partial charge in [0, 0.05) is 36.4 Å². The molecule has 0 spiro atoms. The number of nitrogens with zero attached hydrogens (tertiary/aromatic N) is 2. The number of benzene rings is 2. The summed E-state index contributed by atoms with van der Waals surface area (Å²) >= 11 is 0. The minimum atomic E-state index is -0.140. The first-order valence-electron chi connectivity index (χ1n) is 8.85. The van der Waals surface area contributed by atoms with Gasteiger partial charge in [0.05, 0.1) is 5.56 Å². The predicted octanol–water partition coefficient (Wildman–Crippen LogP) is 4.21. The van der Waals surface area contributed by atoms with Crippen LogP contribution in [0.15, 0.2) is 66.9 Å². The molecule has 1 aromatic heterocycles. The summed E-state index contributed by atoms with van der Waals surface area (Å²) in [5.41, 5.74) is 6.24. The lowest BCUT2D eigenvalue weighted by Gasteiger charge is -2.19. The van der Waals surface area contributed by atoms with Gasteiger partial charge < -0.3 is 10.2 Å². The molecule has 4 nitrogen and oxygen atoms in total. The fourth-order valence-corrected chi connectivity index (χ4v) is 3.29. The normalized spacial score (nSPS) is 12.7. The number of para-hydroxylation sites is 1. The summed E-state index contributed by atoms with van der Waals surface area (Å²) in [6.45, 7) is 3.84. The van der Waals surface area contributed by atoms with E-state index in [4.69, 9.17) is 0 Å². The number of aromatic nitrogens is 1. The van der Waals surface area contributed by atoms with Crippen LogP contribution in [0.4, 0.5) is 11.4 Å². The van der Waals surface area contributed by atoms with Gasteiger partial charge in [0.1, 0.15) is 0 Å². The van der Waals surface area contributed by atoms with Crippen molar-refractivity contribution in [3.05, 3.63) is 89.2 Å². The SMILES string of the molecule is Cc1ccc(C(=O)Nc2ccc(CN3CCc4ccccc43)cc2)cn1. The zero-order chi connectivity index (χ0) is 17.9. The molecule has 1 aliphatic rings. The molecule has 1 N–H and O–H groups in total. The van der Waals surface area contributed by atoms with Crippen molar-refractivity contribution in [3.63, 3.8) is 0 Å². The molecule has 0 atom stereocenters. The minimum Gasteiger partial charge on any atom is -0.367 e. The second kappa shape index (κ2) is 7.00. The molecule has 4 rings (SSSR count). The number of anilines is 2. The van der Waals surface area contributed by atoms with Crippen LogP contribution in [0.5, 0.6) is 0 Å². The Kier molecular flexibility index (Phi) is 4.40. The first-order valence-corrected chi connectivity index (χ1v) is 8.85. The second-order valence-electron chi connectivity index (χ2n) is 6.64. The van der Waals surface area contributed by atoms with E-state index in [0.29, 0.717) is 5.56 Å². The number of nitrogens with one attached hydrogen (secondary N) is 1. The first-order chi connectivity index (χ1) is 12.7. The second-order valence-corrected chi connectivity index (χ2v) is 6.64. The standard InChI is InChI=1S/C22H21N3O/c1-16-6-9-19(14-23-16)22(26)24-20-10-7-17(8-11-20)15-25-13-12-18-4-2-3-5-21(18)25/h2-11,14H,12-13,15H2,1H3,(H,24,26). The molecule has 26 heavy (non-hydrogen) atoms. The summed E-state index contributed by atoms with van der Waals surface area (Å²) in [6.07, 6.45) is 2.71. The van der Waals surface area contributed by atoms with Crippen LogP contribution < -0.4 is 10.2 Å². The van der Waals surface area contributed by atoms with Crippen molar-refractivity contribution < 1.29 is 4.79 Å². The summed E-state index contributed by atoms with van der Waals surface area (Å²) in [4.78, 5) is 18.8. The Morgan fingerprint density at radius 2 is 1.88 bits per heavy atom. The van der Waals surface area contributed by atoms with Gasteiger partial charge >= 0.3 is 0 Å². The summed E-state index contributed by atoms with van der Waals surface area (Å²) in [6, 6.07) is 20.3. The van der Waals surface area contributed by atoms with E-state index in [1.54, 1.807) is 12.3 Å². The van der Waals surface area contributed by atoms with Crippen LogP contribution >= 0.6 is 0 Å². The molecule has 0 bridgehead atoms. The fourth-order valence-electron chi connectivity index (χ4n) is 3.29. The van der Waals surface area contributed by atoms with E-state index in [9.17, 15) is 4.79 Å². The molecule has 130 valence electrons. The molecule has 1 amide bonds. The number of rotatable bonds is 4. The molecule has 0 radical (unpaired) electrons. The van der Waals surface area contributed by atoms with Gasteiger partial charge in [0.25, 0.3) is 5.91 Å². The zero-order valence-corrected chi connectivity index (χ0v) is 14.8. The number of amides is 1. The number of carbonyl (C=O) groups is 1. The zero-order valence-electron chi connectivity index (χ0n) is 14.8. The van der Waals surface area contributed by atoms with Crippen molar-refractivity contribution in [1.82, 2.24) is 4.98 Å². The van der Waals surface area contributed by atoms with E-state index < -0.39 is 0 Å². The molecular weight excluding hydrogens is 322 g/mol. The van der Waals surface area contributed by atoms with Crippen molar-refractivity contribution in [1.29, 1.82) is 0 Å². The van der Waals surface area contributed by atoms with Crippen LogP contribution in [0.2, 0.25) is 0 Å². The highest BCUT2D eigenvalue weighted by Crippen LogP contribution is 2.29. The number of aryl methyl sites for hydroxylation is 1. The quantitative estimate of drug-likeness (QED) is 0.772. The summed E-state index contributed by atoms with van der Waals surface area (Å²) in [7, 11) is 0. The number of carbonyl (C=O) groups excluding carboxylic acids is 1. The predicted molar refractivity (Wildman–Crippen MR) is 105 cm³/mol. The van der Waals surface area contributed by atoms with E-state index in [1.807, 2.05) is 25.1 Å². The Labute approximate surface area is 153 Å². The topological polar surface area (TPSA) is 45.2 Å². The fraction of sp³-hybridized carbons (Fsp3) is 0.182. The van der Waals surface area contributed by atoms with Crippen LogP contribution in [0.25, 0.3) is 0 Å². The number of hydrogen-bond acceptors (Lipinski definition) is 3. The van der Waals surface area contributed by atoms with Gasteiger partial charge in [-0.3, -0.25) is 9.78 Å². The largest absolute Gasteiger partial charge is 0.367 e. The third-order valence-electron chi connectivity index (χ3n) is 4.74. The Balaban J connectivity index is 1.41. The van der Waals surface area contributed by atoms with Crippen LogP contribution in [-0.2, 0) is 13.0 Å². The van der Waals surface area contributed by atoms with Crippen molar-refractivity contribution >= 4 is 17.3 Å². The van der Waals surface area contributed by atoms with Gasteiger partial charge in [-0.25, -0.2) is 0 Å². The maximum atomic E-state index is 12.3. The summed E-state index contributed by atoms with van der Waals surface area (Å²) in [5, 5.41) is 2.92. The molecule has 0 aliphatic carbocycles.